The molecule has 1 saturated heterocycles. The molecule has 1 atom stereocenters. The minimum atomic E-state index is -0.103. The molecule has 0 bridgehead atoms. The van der Waals surface area contributed by atoms with E-state index >= 15 is 0 Å². The van der Waals surface area contributed by atoms with Gasteiger partial charge in [0.25, 0.3) is 0 Å². The summed E-state index contributed by atoms with van der Waals surface area (Å²) >= 11 is 0. The zero-order valence-electron chi connectivity index (χ0n) is 13.8. The average Bonchev–Trinajstić information content (AvgIpc) is 2.58. The third-order valence-corrected chi connectivity index (χ3v) is 4.18. The van der Waals surface area contributed by atoms with E-state index in [1.807, 2.05) is 12.1 Å². The van der Waals surface area contributed by atoms with Crippen molar-refractivity contribution >= 4 is 12.0 Å². The minimum absolute atomic E-state index is 0.103. The molecule has 1 fully saturated rings. The summed E-state index contributed by atoms with van der Waals surface area (Å²) in [6, 6.07) is 9.62. The molecule has 0 aliphatic carbocycles. The molecule has 0 aromatic heterocycles. The molecule has 1 heterocycles. The molecule has 1 amide bonds. The molecule has 122 valence electrons. The number of hydrogen-bond acceptors (Lipinski definition) is 4. The molecule has 0 unspecified atom stereocenters. The predicted molar refractivity (Wildman–Crippen MR) is 91.7 cm³/mol. The summed E-state index contributed by atoms with van der Waals surface area (Å²) < 4.78 is 0. The number of nitrogens with zero attached hydrogens (tertiary/aromatic N) is 3. The maximum absolute atomic E-state index is 11.9. The van der Waals surface area contributed by atoms with Crippen LogP contribution in [0.1, 0.15) is 18.1 Å². The van der Waals surface area contributed by atoms with E-state index < -0.39 is 0 Å². The number of hydrogen-bond donors (Lipinski definition) is 1. The highest BCUT2D eigenvalue weighted by atomic mass is 16.1. The van der Waals surface area contributed by atoms with Crippen LogP contribution in [-0.4, -0.2) is 61.5 Å². The minimum Gasteiger partial charge on any atom is -0.351 e. The zero-order chi connectivity index (χ0) is 16.7. The molecule has 2 rings (SSSR count). The lowest BCUT2D eigenvalue weighted by molar-refractivity contribution is -0.116. The number of nitriles is 1. The normalized spacial score (nSPS) is 17.8. The number of carbonyl (C=O) groups excluding carboxylic acids is 1. The Bertz CT molecular complexity index is 597. The van der Waals surface area contributed by atoms with Crippen LogP contribution in [0.5, 0.6) is 0 Å². The molecule has 0 spiro atoms. The van der Waals surface area contributed by atoms with Crippen molar-refractivity contribution in [2.45, 2.75) is 13.0 Å². The molecule has 0 saturated carbocycles. The Morgan fingerprint density at radius 3 is 2.83 bits per heavy atom. The van der Waals surface area contributed by atoms with E-state index in [-0.39, 0.29) is 5.91 Å². The SMILES string of the molecule is C[C@H](CNC(=O)/C=C\c1cccc(C#N)c1)N1CCN(C)CC1. The van der Waals surface area contributed by atoms with Crippen molar-refractivity contribution in [1.29, 1.82) is 5.26 Å². The molecular weight excluding hydrogens is 288 g/mol. The molecule has 1 aliphatic rings. The number of piperazine rings is 1. The summed E-state index contributed by atoms with van der Waals surface area (Å²) in [6.07, 6.45) is 3.25. The van der Waals surface area contributed by atoms with E-state index in [1.165, 1.54) is 6.08 Å². The van der Waals surface area contributed by atoms with Crippen LogP contribution in [0.3, 0.4) is 0 Å². The molecular formula is C18H24N4O. The highest BCUT2D eigenvalue weighted by Crippen LogP contribution is 2.06. The van der Waals surface area contributed by atoms with Crippen LogP contribution in [0, 0.1) is 11.3 Å². The highest BCUT2D eigenvalue weighted by molar-refractivity contribution is 5.91. The summed E-state index contributed by atoms with van der Waals surface area (Å²) in [4.78, 5) is 16.6. The Balaban J connectivity index is 1.78. The third-order valence-electron chi connectivity index (χ3n) is 4.18. The Hall–Kier alpha value is -2.16. The van der Waals surface area contributed by atoms with Gasteiger partial charge in [-0.2, -0.15) is 5.26 Å². The van der Waals surface area contributed by atoms with Crippen molar-refractivity contribution in [2.24, 2.45) is 0 Å². The summed E-state index contributed by atoms with van der Waals surface area (Å²) in [6.45, 7) is 7.03. The quantitative estimate of drug-likeness (QED) is 0.833. The van der Waals surface area contributed by atoms with E-state index in [4.69, 9.17) is 5.26 Å². The highest BCUT2D eigenvalue weighted by Gasteiger charge is 2.18. The van der Waals surface area contributed by atoms with Crippen LogP contribution >= 0.6 is 0 Å². The number of likely N-dealkylation sites (N-methyl/N-ethyl adjacent to an activating group) is 1. The van der Waals surface area contributed by atoms with Gasteiger partial charge in [0, 0.05) is 44.8 Å². The number of amides is 1. The number of carbonyl (C=O) groups is 1. The van der Waals surface area contributed by atoms with Crippen LogP contribution in [0.4, 0.5) is 0 Å². The Morgan fingerprint density at radius 1 is 1.39 bits per heavy atom. The largest absolute Gasteiger partial charge is 0.351 e. The second kappa shape index (κ2) is 8.47. The van der Waals surface area contributed by atoms with Crippen molar-refractivity contribution in [2.75, 3.05) is 39.8 Å². The molecule has 1 aromatic carbocycles. The van der Waals surface area contributed by atoms with Crippen LogP contribution in [-0.2, 0) is 4.79 Å². The Morgan fingerprint density at radius 2 is 2.13 bits per heavy atom. The average molecular weight is 312 g/mol. The monoisotopic (exact) mass is 312 g/mol. The van der Waals surface area contributed by atoms with Gasteiger partial charge in [-0.25, -0.2) is 0 Å². The topological polar surface area (TPSA) is 59.4 Å². The van der Waals surface area contributed by atoms with Gasteiger partial charge in [0.15, 0.2) is 0 Å². The Kier molecular flexibility index (Phi) is 6.33. The van der Waals surface area contributed by atoms with E-state index in [9.17, 15) is 4.79 Å². The van der Waals surface area contributed by atoms with Gasteiger partial charge in [-0.15, -0.1) is 0 Å². The van der Waals surface area contributed by atoms with Gasteiger partial charge in [0.1, 0.15) is 0 Å². The fourth-order valence-electron chi connectivity index (χ4n) is 2.58. The molecule has 5 heteroatoms. The molecule has 23 heavy (non-hydrogen) atoms. The maximum atomic E-state index is 11.9. The second-order valence-electron chi connectivity index (χ2n) is 6.00. The first-order valence-electron chi connectivity index (χ1n) is 7.97. The van der Waals surface area contributed by atoms with E-state index in [0.717, 1.165) is 31.7 Å². The lowest BCUT2D eigenvalue weighted by Crippen LogP contribution is -2.51. The number of rotatable bonds is 5. The van der Waals surface area contributed by atoms with Crippen LogP contribution in [0.15, 0.2) is 30.3 Å². The van der Waals surface area contributed by atoms with Crippen molar-refractivity contribution in [3.63, 3.8) is 0 Å². The third kappa shape index (κ3) is 5.51. The van der Waals surface area contributed by atoms with Crippen molar-refractivity contribution < 1.29 is 4.79 Å². The van der Waals surface area contributed by atoms with Gasteiger partial charge in [-0.05, 0) is 37.7 Å². The standard InChI is InChI=1S/C18H24N4O/c1-15(22-10-8-21(2)9-11-22)14-20-18(23)7-6-16-4-3-5-17(12-16)13-19/h3-7,12,15H,8-11,14H2,1-2H3,(H,20,23)/b7-6-/t15-/m1/s1. The van der Waals surface area contributed by atoms with Gasteiger partial charge >= 0.3 is 0 Å². The smallest absolute Gasteiger partial charge is 0.244 e. The first-order chi connectivity index (χ1) is 11.1. The molecule has 1 N–H and O–H groups in total. The molecule has 1 aliphatic heterocycles. The van der Waals surface area contributed by atoms with Crippen molar-refractivity contribution in [3.8, 4) is 6.07 Å². The number of nitrogens with one attached hydrogen (secondary N) is 1. The second-order valence-corrected chi connectivity index (χ2v) is 6.00. The fraction of sp³-hybridized carbons (Fsp3) is 0.444. The van der Waals surface area contributed by atoms with Crippen LogP contribution < -0.4 is 5.32 Å². The Labute approximate surface area is 138 Å². The van der Waals surface area contributed by atoms with Crippen LogP contribution in [0.25, 0.3) is 6.08 Å². The van der Waals surface area contributed by atoms with E-state index in [0.29, 0.717) is 18.2 Å². The van der Waals surface area contributed by atoms with Gasteiger partial charge in [-0.3, -0.25) is 9.69 Å². The van der Waals surface area contributed by atoms with Crippen molar-refractivity contribution in [3.05, 3.63) is 41.5 Å². The fourth-order valence-corrected chi connectivity index (χ4v) is 2.58. The first-order valence-corrected chi connectivity index (χ1v) is 7.97. The molecule has 5 nitrogen and oxygen atoms in total. The van der Waals surface area contributed by atoms with Crippen LogP contribution in [0.2, 0.25) is 0 Å². The van der Waals surface area contributed by atoms with E-state index in [2.05, 4.69) is 35.2 Å². The molecule has 0 radical (unpaired) electrons. The lowest BCUT2D eigenvalue weighted by atomic mass is 10.1. The van der Waals surface area contributed by atoms with Crippen molar-refractivity contribution in [1.82, 2.24) is 15.1 Å². The first kappa shape index (κ1) is 17.2. The van der Waals surface area contributed by atoms with Gasteiger partial charge < -0.3 is 10.2 Å². The zero-order valence-corrected chi connectivity index (χ0v) is 13.8. The lowest BCUT2D eigenvalue weighted by Gasteiger charge is -2.36. The number of benzene rings is 1. The summed E-state index contributed by atoms with van der Waals surface area (Å²) in [5.74, 6) is -0.103. The van der Waals surface area contributed by atoms with Gasteiger partial charge in [0.2, 0.25) is 5.91 Å². The summed E-state index contributed by atoms with van der Waals surface area (Å²) in [5, 5.41) is 11.8. The summed E-state index contributed by atoms with van der Waals surface area (Å²) in [5.41, 5.74) is 1.45. The van der Waals surface area contributed by atoms with Gasteiger partial charge in [-0.1, -0.05) is 12.1 Å². The molecule has 1 aromatic rings. The van der Waals surface area contributed by atoms with Gasteiger partial charge in [0.05, 0.1) is 11.6 Å². The summed E-state index contributed by atoms with van der Waals surface area (Å²) in [7, 11) is 2.13. The predicted octanol–water partition coefficient (Wildman–Crippen LogP) is 1.32. The van der Waals surface area contributed by atoms with E-state index in [1.54, 1.807) is 18.2 Å². The maximum Gasteiger partial charge on any atom is 0.244 e.